The van der Waals surface area contributed by atoms with Gasteiger partial charge in [-0.25, -0.2) is 4.98 Å². The number of carbonyl (C=O) groups excluding carboxylic acids is 1. The van der Waals surface area contributed by atoms with Gasteiger partial charge in [0.2, 0.25) is 11.8 Å². The van der Waals surface area contributed by atoms with Gasteiger partial charge in [-0.15, -0.1) is 0 Å². The molecule has 3 rings (SSSR count). The van der Waals surface area contributed by atoms with Crippen LogP contribution in [0.5, 0.6) is 5.88 Å². The molecule has 0 radical (unpaired) electrons. The Morgan fingerprint density at radius 3 is 2.92 bits per heavy atom. The summed E-state index contributed by atoms with van der Waals surface area (Å²) in [7, 11) is 3.37. The molecule has 1 atom stereocenters. The zero-order chi connectivity index (χ0) is 18.4. The molecule has 1 amide bonds. The Labute approximate surface area is 155 Å². The van der Waals surface area contributed by atoms with E-state index in [9.17, 15) is 4.79 Å². The molecular weight excluding hydrogens is 330 g/mol. The van der Waals surface area contributed by atoms with Crippen molar-refractivity contribution in [1.29, 1.82) is 0 Å². The van der Waals surface area contributed by atoms with Crippen LogP contribution in [0.3, 0.4) is 0 Å². The minimum atomic E-state index is 0.238. The van der Waals surface area contributed by atoms with Gasteiger partial charge in [0, 0.05) is 50.4 Å². The third kappa shape index (κ3) is 4.45. The molecule has 0 aromatic carbocycles. The summed E-state index contributed by atoms with van der Waals surface area (Å²) >= 11 is 0. The van der Waals surface area contributed by atoms with E-state index in [4.69, 9.17) is 4.74 Å². The number of amides is 1. The van der Waals surface area contributed by atoms with Crippen molar-refractivity contribution in [3.8, 4) is 5.88 Å². The second kappa shape index (κ2) is 8.87. The standard InChI is InChI=1S/C19H29N5O2/c1-20-19(22-12-15-8-5-10-21-17(15)26-2)23-16-9-11-24(13-16)18(25)14-6-3-4-7-14/h5,8,10,14,16H,3-4,6-7,9,11-13H2,1-2H3,(H2,20,22,23). The molecule has 1 saturated carbocycles. The average Bonchev–Trinajstić information content (AvgIpc) is 3.37. The number of nitrogens with one attached hydrogen (secondary N) is 2. The summed E-state index contributed by atoms with van der Waals surface area (Å²) in [4.78, 5) is 23.1. The number of nitrogens with zero attached hydrogens (tertiary/aromatic N) is 3. The van der Waals surface area contributed by atoms with Crippen LogP contribution in [0.4, 0.5) is 0 Å². The molecule has 142 valence electrons. The SMILES string of the molecule is CN=C(NCc1cccnc1OC)NC1CCN(C(=O)C2CCCC2)C1. The van der Waals surface area contributed by atoms with Gasteiger partial charge in [-0.05, 0) is 25.3 Å². The Balaban J connectivity index is 1.49. The molecule has 0 bridgehead atoms. The van der Waals surface area contributed by atoms with E-state index >= 15 is 0 Å². The number of pyridine rings is 1. The van der Waals surface area contributed by atoms with Crippen LogP contribution in [0.25, 0.3) is 0 Å². The molecule has 7 nitrogen and oxygen atoms in total. The van der Waals surface area contributed by atoms with Crippen molar-refractivity contribution in [2.75, 3.05) is 27.2 Å². The number of hydrogen-bond acceptors (Lipinski definition) is 4. The maximum atomic E-state index is 12.6. The minimum Gasteiger partial charge on any atom is -0.481 e. The van der Waals surface area contributed by atoms with Crippen LogP contribution in [0.15, 0.2) is 23.3 Å². The lowest BCUT2D eigenvalue weighted by molar-refractivity contribution is -0.134. The highest BCUT2D eigenvalue weighted by Crippen LogP contribution is 2.27. The predicted octanol–water partition coefficient (Wildman–Crippen LogP) is 1.55. The second-order valence-electron chi connectivity index (χ2n) is 6.99. The number of methoxy groups -OCH3 is 1. The van der Waals surface area contributed by atoms with Crippen LogP contribution >= 0.6 is 0 Å². The smallest absolute Gasteiger partial charge is 0.225 e. The number of aliphatic imine (C=N–C) groups is 1. The molecule has 2 heterocycles. The number of aromatic nitrogens is 1. The van der Waals surface area contributed by atoms with Crippen LogP contribution in [0.1, 0.15) is 37.7 Å². The molecule has 1 aromatic heterocycles. The van der Waals surface area contributed by atoms with Gasteiger partial charge >= 0.3 is 0 Å². The van der Waals surface area contributed by atoms with Crippen molar-refractivity contribution in [3.63, 3.8) is 0 Å². The Hall–Kier alpha value is -2.31. The molecule has 2 aliphatic rings. The lowest BCUT2D eigenvalue weighted by Gasteiger charge is -2.21. The number of rotatable bonds is 5. The maximum absolute atomic E-state index is 12.6. The van der Waals surface area contributed by atoms with Crippen molar-refractivity contribution >= 4 is 11.9 Å². The van der Waals surface area contributed by atoms with Gasteiger partial charge < -0.3 is 20.3 Å². The molecule has 1 unspecified atom stereocenters. The summed E-state index contributed by atoms with van der Waals surface area (Å²) in [5.41, 5.74) is 0.974. The first-order valence-electron chi connectivity index (χ1n) is 9.45. The fourth-order valence-corrected chi connectivity index (χ4v) is 3.82. The lowest BCUT2D eigenvalue weighted by Crippen LogP contribution is -2.45. The van der Waals surface area contributed by atoms with E-state index in [1.54, 1.807) is 20.4 Å². The van der Waals surface area contributed by atoms with Crippen molar-refractivity contribution < 1.29 is 9.53 Å². The first-order valence-corrected chi connectivity index (χ1v) is 9.45. The molecule has 2 N–H and O–H groups in total. The summed E-state index contributed by atoms with van der Waals surface area (Å²) < 4.78 is 5.28. The third-order valence-electron chi connectivity index (χ3n) is 5.26. The van der Waals surface area contributed by atoms with Crippen LogP contribution in [-0.2, 0) is 11.3 Å². The molecule has 1 aliphatic heterocycles. The fourth-order valence-electron chi connectivity index (χ4n) is 3.82. The largest absolute Gasteiger partial charge is 0.481 e. The van der Waals surface area contributed by atoms with E-state index in [-0.39, 0.29) is 12.0 Å². The first kappa shape index (κ1) is 18.5. The highest BCUT2D eigenvalue weighted by atomic mass is 16.5. The molecule has 7 heteroatoms. The van der Waals surface area contributed by atoms with Crippen LogP contribution < -0.4 is 15.4 Å². The van der Waals surface area contributed by atoms with Crippen LogP contribution in [0, 0.1) is 5.92 Å². The van der Waals surface area contributed by atoms with Crippen molar-refractivity contribution in [3.05, 3.63) is 23.9 Å². The molecule has 1 aliphatic carbocycles. The van der Waals surface area contributed by atoms with Gasteiger partial charge in [-0.2, -0.15) is 0 Å². The third-order valence-corrected chi connectivity index (χ3v) is 5.26. The molecule has 1 aromatic rings. The molecule has 26 heavy (non-hydrogen) atoms. The van der Waals surface area contributed by atoms with Gasteiger partial charge in [0.05, 0.1) is 7.11 Å². The molecular formula is C19H29N5O2. The minimum absolute atomic E-state index is 0.238. The van der Waals surface area contributed by atoms with E-state index in [1.807, 2.05) is 17.0 Å². The van der Waals surface area contributed by atoms with Crippen molar-refractivity contribution in [2.24, 2.45) is 10.9 Å². The summed E-state index contributed by atoms with van der Waals surface area (Å²) in [6.45, 7) is 2.17. The van der Waals surface area contributed by atoms with Gasteiger partial charge in [-0.3, -0.25) is 9.79 Å². The number of likely N-dealkylation sites (tertiary alicyclic amines) is 1. The van der Waals surface area contributed by atoms with Gasteiger partial charge in [0.15, 0.2) is 5.96 Å². The summed E-state index contributed by atoms with van der Waals surface area (Å²) in [6.07, 6.45) is 7.17. The quantitative estimate of drug-likeness (QED) is 0.616. The topological polar surface area (TPSA) is 78.9 Å². The zero-order valence-corrected chi connectivity index (χ0v) is 15.7. The van der Waals surface area contributed by atoms with Crippen LogP contribution in [0.2, 0.25) is 0 Å². The highest BCUT2D eigenvalue weighted by molar-refractivity contribution is 5.81. The van der Waals surface area contributed by atoms with Gasteiger partial charge in [0.25, 0.3) is 0 Å². The Bertz CT molecular complexity index is 643. The maximum Gasteiger partial charge on any atom is 0.225 e. The Morgan fingerprint density at radius 1 is 1.38 bits per heavy atom. The summed E-state index contributed by atoms with van der Waals surface area (Å²) in [5, 5.41) is 6.73. The summed E-state index contributed by atoms with van der Waals surface area (Å²) in [6, 6.07) is 4.10. The monoisotopic (exact) mass is 359 g/mol. The molecule has 0 spiro atoms. The van der Waals surface area contributed by atoms with Crippen molar-refractivity contribution in [2.45, 2.75) is 44.7 Å². The fraction of sp³-hybridized carbons (Fsp3) is 0.632. The number of ether oxygens (including phenoxy) is 1. The number of guanidine groups is 1. The number of hydrogen-bond donors (Lipinski definition) is 2. The van der Waals surface area contributed by atoms with Gasteiger partial charge in [0.1, 0.15) is 0 Å². The van der Waals surface area contributed by atoms with E-state index < -0.39 is 0 Å². The summed E-state index contributed by atoms with van der Waals surface area (Å²) in [5.74, 6) is 1.94. The zero-order valence-electron chi connectivity index (χ0n) is 15.7. The van der Waals surface area contributed by atoms with E-state index in [1.165, 1.54) is 12.8 Å². The van der Waals surface area contributed by atoms with E-state index in [2.05, 4.69) is 20.6 Å². The number of carbonyl (C=O) groups is 1. The average molecular weight is 359 g/mol. The Kier molecular flexibility index (Phi) is 6.30. The lowest BCUT2D eigenvalue weighted by atomic mass is 10.1. The van der Waals surface area contributed by atoms with Crippen molar-refractivity contribution in [1.82, 2.24) is 20.5 Å². The van der Waals surface area contributed by atoms with E-state index in [0.717, 1.165) is 43.9 Å². The second-order valence-corrected chi connectivity index (χ2v) is 6.99. The predicted molar refractivity (Wildman–Crippen MR) is 101 cm³/mol. The first-order chi connectivity index (χ1) is 12.7. The van der Waals surface area contributed by atoms with Gasteiger partial charge in [-0.1, -0.05) is 18.9 Å². The highest BCUT2D eigenvalue weighted by Gasteiger charge is 2.32. The normalized spacial score (nSPS) is 21.1. The molecule has 1 saturated heterocycles. The van der Waals surface area contributed by atoms with E-state index in [0.29, 0.717) is 18.3 Å². The Morgan fingerprint density at radius 2 is 2.19 bits per heavy atom. The molecule has 2 fully saturated rings. The van der Waals surface area contributed by atoms with Crippen LogP contribution in [-0.4, -0.2) is 55.0 Å².